The molecule has 0 bridgehead atoms. The van der Waals surface area contributed by atoms with Gasteiger partial charge in [0.15, 0.2) is 0 Å². The Bertz CT molecular complexity index is 458. The fourth-order valence-electron chi connectivity index (χ4n) is 1.41. The number of hydrogen-bond donors (Lipinski definition) is 3. The fraction of sp³-hybridized carbons (Fsp3) is 0.385. The minimum atomic E-state index is -0.977. The zero-order chi connectivity index (χ0) is 13.7. The minimum absolute atomic E-state index is 0.0269. The predicted octanol–water partition coefficient (Wildman–Crippen LogP) is 1.30. The van der Waals surface area contributed by atoms with Crippen molar-refractivity contribution in [1.82, 2.24) is 5.32 Å². The Labute approximate surface area is 106 Å². The second kappa shape index (κ2) is 6.16. The first-order chi connectivity index (χ1) is 8.41. The van der Waals surface area contributed by atoms with Gasteiger partial charge in [-0.3, -0.25) is 14.9 Å². The molecule has 1 aromatic carbocycles. The maximum Gasteiger partial charge on any atom is 0.320 e. The van der Waals surface area contributed by atoms with E-state index in [4.69, 9.17) is 5.11 Å². The normalized spacial score (nSPS) is 11.9. The Morgan fingerprint density at radius 1 is 1.33 bits per heavy atom. The van der Waals surface area contributed by atoms with Crippen LogP contribution in [0.15, 0.2) is 18.2 Å². The molecule has 1 aromatic rings. The van der Waals surface area contributed by atoms with Crippen molar-refractivity contribution >= 4 is 17.6 Å². The maximum absolute atomic E-state index is 11.6. The lowest BCUT2D eigenvalue weighted by Crippen LogP contribution is -2.39. The monoisotopic (exact) mass is 250 g/mol. The van der Waals surface area contributed by atoms with E-state index >= 15 is 0 Å². The molecule has 0 aliphatic rings. The zero-order valence-corrected chi connectivity index (χ0v) is 10.8. The first kappa shape index (κ1) is 14.2. The first-order valence-corrected chi connectivity index (χ1v) is 5.74. The van der Waals surface area contributed by atoms with Crippen LogP contribution in [-0.4, -0.2) is 29.6 Å². The van der Waals surface area contributed by atoms with Gasteiger partial charge in [-0.25, -0.2) is 0 Å². The largest absolute Gasteiger partial charge is 0.480 e. The third-order valence-corrected chi connectivity index (χ3v) is 2.82. The number of carboxylic acids is 1. The van der Waals surface area contributed by atoms with Crippen LogP contribution in [0.25, 0.3) is 0 Å². The van der Waals surface area contributed by atoms with Crippen molar-refractivity contribution in [2.45, 2.75) is 26.8 Å². The molecule has 0 aliphatic carbocycles. The van der Waals surface area contributed by atoms with Crippen LogP contribution in [0.3, 0.4) is 0 Å². The van der Waals surface area contributed by atoms with Crippen molar-refractivity contribution in [3.05, 3.63) is 29.3 Å². The Morgan fingerprint density at radius 3 is 2.61 bits per heavy atom. The summed E-state index contributed by atoms with van der Waals surface area (Å²) >= 11 is 0. The summed E-state index contributed by atoms with van der Waals surface area (Å²) in [6, 6.07) is 4.91. The molecule has 1 atom stereocenters. The number of amides is 1. The number of benzene rings is 1. The summed E-state index contributed by atoms with van der Waals surface area (Å²) < 4.78 is 0. The van der Waals surface area contributed by atoms with Gasteiger partial charge in [0.25, 0.3) is 0 Å². The molecule has 0 unspecified atom stereocenters. The quantitative estimate of drug-likeness (QED) is 0.736. The van der Waals surface area contributed by atoms with E-state index in [-0.39, 0.29) is 12.5 Å². The summed E-state index contributed by atoms with van der Waals surface area (Å²) in [5.41, 5.74) is 2.86. The van der Waals surface area contributed by atoms with Crippen molar-refractivity contribution < 1.29 is 14.7 Å². The van der Waals surface area contributed by atoms with E-state index < -0.39 is 12.0 Å². The average molecular weight is 250 g/mol. The predicted molar refractivity (Wildman–Crippen MR) is 69.6 cm³/mol. The highest BCUT2D eigenvalue weighted by Gasteiger charge is 2.12. The van der Waals surface area contributed by atoms with Crippen LogP contribution < -0.4 is 10.6 Å². The van der Waals surface area contributed by atoms with Crippen molar-refractivity contribution in [1.29, 1.82) is 0 Å². The lowest BCUT2D eigenvalue weighted by Gasteiger charge is -2.12. The Hall–Kier alpha value is -1.88. The summed E-state index contributed by atoms with van der Waals surface area (Å²) in [6.07, 6.45) is 0. The number of carboxylic acid groups (broad SMARTS) is 1. The van der Waals surface area contributed by atoms with E-state index in [0.717, 1.165) is 16.8 Å². The maximum atomic E-state index is 11.6. The molecule has 0 heterocycles. The van der Waals surface area contributed by atoms with Gasteiger partial charge in [-0.2, -0.15) is 0 Å². The van der Waals surface area contributed by atoms with Gasteiger partial charge in [-0.1, -0.05) is 12.1 Å². The average Bonchev–Trinajstić information content (AvgIpc) is 2.32. The Balaban J connectivity index is 2.55. The summed E-state index contributed by atoms with van der Waals surface area (Å²) in [5.74, 6) is -1.23. The molecule has 3 N–H and O–H groups in total. The molecule has 5 heteroatoms. The SMILES string of the molecule is Cc1cccc(NC(=O)CN[C@@H](C)C(=O)O)c1C. The Morgan fingerprint density at radius 2 is 2.00 bits per heavy atom. The van der Waals surface area contributed by atoms with E-state index in [9.17, 15) is 9.59 Å². The molecule has 18 heavy (non-hydrogen) atoms. The van der Waals surface area contributed by atoms with Gasteiger partial charge in [0, 0.05) is 5.69 Å². The number of hydrogen-bond acceptors (Lipinski definition) is 3. The Kier molecular flexibility index (Phi) is 4.85. The second-order valence-corrected chi connectivity index (χ2v) is 4.24. The number of carbonyl (C=O) groups excluding carboxylic acids is 1. The van der Waals surface area contributed by atoms with Gasteiger partial charge in [0.1, 0.15) is 6.04 Å². The smallest absolute Gasteiger partial charge is 0.320 e. The lowest BCUT2D eigenvalue weighted by molar-refractivity contribution is -0.139. The van der Waals surface area contributed by atoms with Crippen LogP contribution in [0.4, 0.5) is 5.69 Å². The van der Waals surface area contributed by atoms with Crippen LogP contribution in [0.5, 0.6) is 0 Å². The molecule has 0 spiro atoms. The van der Waals surface area contributed by atoms with E-state index in [1.165, 1.54) is 6.92 Å². The number of aliphatic carboxylic acids is 1. The minimum Gasteiger partial charge on any atom is -0.480 e. The van der Waals surface area contributed by atoms with Crippen molar-refractivity contribution in [3.63, 3.8) is 0 Å². The lowest BCUT2D eigenvalue weighted by atomic mass is 10.1. The molecular weight excluding hydrogens is 232 g/mol. The molecule has 98 valence electrons. The van der Waals surface area contributed by atoms with E-state index in [2.05, 4.69) is 10.6 Å². The van der Waals surface area contributed by atoms with Crippen molar-refractivity contribution in [2.24, 2.45) is 0 Å². The third kappa shape index (κ3) is 3.85. The fourth-order valence-corrected chi connectivity index (χ4v) is 1.41. The van der Waals surface area contributed by atoms with Crippen LogP contribution in [0, 0.1) is 13.8 Å². The molecule has 0 saturated heterocycles. The topological polar surface area (TPSA) is 78.4 Å². The van der Waals surface area contributed by atoms with Crippen molar-refractivity contribution in [3.8, 4) is 0 Å². The highest BCUT2D eigenvalue weighted by atomic mass is 16.4. The number of aryl methyl sites for hydroxylation is 1. The number of anilines is 1. The van der Waals surface area contributed by atoms with E-state index in [1.54, 1.807) is 0 Å². The summed E-state index contributed by atoms with van der Waals surface area (Å²) in [4.78, 5) is 22.2. The molecule has 0 aliphatic heterocycles. The summed E-state index contributed by atoms with van der Waals surface area (Å²) in [6.45, 7) is 5.36. The van der Waals surface area contributed by atoms with Crippen LogP contribution in [0.1, 0.15) is 18.1 Å². The zero-order valence-electron chi connectivity index (χ0n) is 10.8. The van der Waals surface area contributed by atoms with E-state index in [0.29, 0.717) is 0 Å². The van der Waals surface area contributed by atoms with Gasteiger partial charge in [-0.15, -0.1) is 0 Å². The molecule has 1 rings (SSSR count). The summed E-state index contributed by atoms with van der Waals surface area (Å²) in [7, 11) is 0. The summed E-state index contributed by atoms with van der Waals surface area (Å²) in [5, 5.41) is 14.0. The molecule has 1 amide bonds. The molecule has 0 radical (unpaired) electrons. The first-order valence-electron chi connectivity index (χ1n) is 5.74. The number of carbonyl (C=O) groups is 2. The highest BCUT2D eigenvalue weighted by molar-refractivity contribution is 5.93. The van der Waals surface area contributed by atoms with Crippen molar-refractivity contribution in [2.75, 3.05) is 11.9 Å². The molecule has 0 aromatic heterocycles. The van der Waals surface area contributed by atoms with E-state index in [1.807, 2.05) is 32.0 Å². The van der Waals surface area contributed by atoms with Gasteiger partial charge < -0.3 is 10.4 Å². The van der Waals surface area contributed by atoms with Crippen LogP contribution in [0.2, 0.25) is 0 Å². The van der Waals surface area contributed by atoms with Gasteiger partial charge in [0.2, 0.25) is 5.91 Å². The number of nitrogens with one attached hydrogen (secondary N) is 2. The second-order valence-electron chi connectivity index (χ2n) is 4.24. The van der Waals surface area contributed by atoms with Gasteiger partial charge >= 0.3 is 5.97 Å². The van der Waals surface area contributed by atoms with Gasteiger partial charge in [0.05, 0.1) is 6.54 Å². The third-order valence-electron chi connectivity index (χ3n) is 2.82. The molecule has 0 fully saturated rings. The standard InChI is InChI=1S/C13H18N2O3/c1-8-5-4-6-11(9(8)2)15-12(16)7-14-10(3)13(17)18/h4-6,10,14H,7H2,1-3H3,(H,15,16)(H,17,18)/t10-/m0/s1. The van der Waals surface area contributed by atoms with Crippen LogP contribution in [-0.2, 0) is 9.59 Å². The molecular formula is C13H18N2O3. The van der Waals surface area contributed by atoms with Gasteiger partial charge in [-0.05, 0) is 38.0 Å². The molecule has 5 nitrogen and oxygen atoms in total. The molecule has 0 saturated carbocycles. The highest BCUT2D eigenvalue weighted by Crippen LogP contribution is 2.17. The van der Waals surface area contributed by atoms with Crippen LogP contribution >= 0.6 is 0 Å². The number of rotatable bonds is 5.